The molecule has 1 atom stereocenters. The lowest BCUT2D eigenvalue weighted by Gasteiger charge is -2.22. The van der Waals surface area contributed by atoms with E-state index in [1.165, 1.54) is 7.11 Å². The van der Waals surface area contributed by atoms with Crippen LogP contribution in [0.25, 0.3) is 0 Å². The maximum absolute atomic E-state index is 12.8. The monoisotopic (exact) mass is 321 g/mol. The van der Waals surface area contributed by atoms with Crippen LogP contribution in [0.5, 0.6) is 0 Å². The number of methoxy groups -OCH3 is 1. The van der Waals surface area contributed by atoms with Gasteiger partial charge in [0, 0.05) is 17.5 Å². The summed E-state index contributed by atoms with van der Waals surface area (Å²) in [6.45, 7) is 7.41. The molecule has 0 saturated carbocycles. The smallest absolute Gasteiger partial charge is 0.307 e. The van der Waals surface area contributed by atoms with Crippen molar-refractivity contribution in [1.29, 1.82) is 0 Å². The summed E-state index contributed by atoms with van der Waals surface area (Å²) in [7, 11) is 1.35. The van der Waals surface area contributed by atoms with Crippen LogP contribution in [-0.4, -0.2) is 35.9 Å². The fourth-order valence-corrected chi connectivity index (χ4v) is 3.08. The number of ether oxygens (including phenoxy) is 2. The standard InChI is InChI=1S/C17H23NO5/c1-9-11(6-7-12(19)22-5)10(2)18-14(9)15(21)16-17(3,4)8-13(20)23-16/h16,18H,6-8H2,1-5H3. The Bertz CT molecular complexity index is 656. The van der Waals surface area contributed by atoms with E-state index in [0.717, 1.165) is 16.8 Å². The molecule has 1 aliphatic rings. The Morgan fingerprint density at radius 1 is 1.35 bits per heavy atom. The number of rotatable bonds is 5. The van der Waals surface area contributed by atoms with Gasteiger partial charge in [0.05, 0.1) is 19.2 Å². The van der Waals surface area contributed by atoms with Crippen molar-refractivity contribution in [2.45, 2.75) is 53.1 Å². The molecule has 0 bridgehead atoms. The molecule has 2 rings (SSSR count). The minimum absolute atomic E-state index is 0.217. The number of hydrogen-bond donors (Lipinski definition) is 1. The molecule has 0 aromatic carbocycles. The second-order valence-corrected chi connectivity index (χ2v) is 6.70. The van der Waals surface area contributed by atoms with Gasteiger partial charge in [-0.2, -0.15) is 0 Å². The molecule has 2 heterocycles. The van der Waals surface area contributed by atoms with E-state index in [1.54, 1.807) is 0 Å². The van der Waals surface area contributed by atoms with E-state index in [1.807, 2.05) is 27.7 Å². The fraction of sp³-hybridized carbons (Fsp3) is 0.588. The molecule has 23 heavy (non-hydrogen) atoms. The number of Topliss-reactive ketones (excluding diaryl/α,β-unsaturated/α-hetero) is 1. The molecule has 0 amide bonds. The molecule has 1 fully saturated rings. The number of aryl methyl sites for hydroxylation is 1. The summed E-state index contributed by atoms with van der Waals surface area (Å²) in [6, 6.07) is 0. The van der Waals surface area contributed by atoms with Crippen molar-refractivity contribution >= 4 is 17.7 Å². The Balaban J connectivity index is 2.25. The molecule has 1 saturated heterocycles. The van der Waals surface area contributed by atoms with E-state index in [0.29, 0.717) is 12.1 Å². The zero-order chi connectivity index (χ0) is 17.4. The van der Waals surface area contributed by atoms with Gasteiger partial charge in [0.1, 0.15) is 0 Å². The van der Waals surface area contributed by atoms with E-state index in [-0.39, 0.29) is 30.6 Å². The molecule has 1 unspecified atom stereocenters. The normalized spacial score (nSPS) is 19.5. The van der Waals surface area contributed by atoms with Crippen LogP contribution in [0.3, 0.4) is 0 Å². The van der Waals surface area contributed by atoms with Crippen molar-refractivity contribution in [3.05, 3.63) is 22.5 Å². The first-order valence-corrected chi connectivity index (χ1v) is 7.66. The van der Waals surface area contributed by atoms with Crippen LogP contribution in [0.1, 0.15) is 54.0 Å². The third kappa shape index (κ3) is 3.30. The maximum atomic E-state index is 12.8. The van der Waals surface area contributed by atoms with Crippen molar-refractivity contribution in [2.24, 2.45) is 5.41 Å². The summed E-state index contributed by atoms with van der Waals surface area (Å²) in [5, 5.41) is 0. The van der Waals surface area contributed by atoms with Gasteiger partial charge < -0.3 is 14.5 Å². The molecule has 0 aliphatic carbocycles. The van der Waals surface area contributed by atoms with Gasteiger partial charge in [-0.3, -0.25) is 14.4 Å². The van der Waals surface area contributed by atoms with Crippen molar-refractivity contribution in [3.63, 3.8) is 0 Å². The third-order valence-electron chi connectivity index (χ3n) is 4.44. The minimum Gasteiger partial charge on any atom is -0.469 e. The highest BCUT2D eigenvalue weighted by atomic mass is 16.6. The quantitative estimate of drug-likeness (QED) is 0.664. The average molecular weight is 321 g/mol. The summed E-state index contributed by atoms with van der Waals surface area (Å²) < 4.78 is 9.88. The van der Waals surface area contributed by atoms with E-state index in [9.17, 15) is 14.4 Å². The number of nitrogens with one attached hydrogen (secondary N) is 1. The first-order valence-electron chi connectivity index (χ1n) is 7.66. The maximum Gasteiger partial charge on any atom is 0.307 e. The zero-order valence-corrected chi connectivity index (χ0v) is 14.2. The van der Waals surface area contributed by atoms with E-state index < -0.39 is 11.5 Å². The molecule has 1 N–H and O–H groups in total. The lowest BCUT2D eigenvalue weighted by molar-refractivity contribution is -0.141. The van der Waals surface area contributed by atoms with Crippen LogP contribution in [-0.2, 0) is 25.5 Å². The van der Waals surface area contributed by atoms with Gasteiger partial charge in [0.2, 0.25) is 5.78 Å². The number of aromatic nitrogens is 1. The second-order valence-electron chi connectivity index (χ2n) is 6.70. The summed E-state index contributed by atoms with van der Waals surface area (Å²) in [4.78, 5) is 38.7. The molecule has 126 valence electrons. The van der Waals surface area contributed by atoms with Gasteiger partial charge in [-0.1, -0.05) is 13.8 Å². The highest BCUT2D eigenvalue weighted by Gasteiger charge is 2.47. The lowest BCUT2D eigenvalue weighted by Crippen LogP contribution is -2.33. The minimum atomic E-state index is -0.778. The van der Waals surface area contributed by atoms with Crippen LogP contribution in [0.2, 0.25) is 0 Å². The van der Waals surface area contributed by atoms with Crippen molar-refractivity contribution in [2.75, 3.05) is 7.11 Å². The van der Waals surface area contributed by atoms with Crippen LogP contribution < -0.4 is 0 Å². The Morgan fingerprint density at radius 2 is 2.00 bits per heavy atom. The lowest BCUT2D eigenvalue weighted by atomic mass is 9.82. The predicted octanol–water partition coefficient (Wildman–Crippen LogP) is 2.26. The largest absolute Gasteiger partial charge is 0.469 e. The first kappa shape index (κ1) is 17.2. The Labute approximate surface area is 135 Å². The number of aromatic amines is 1. The summed E-state index contributed by atoms with van der Waals surface area (Å²) >= 11 is 0. The molecule has 6 heteroatoms. The molecule has 0 radical (unpaired) electrons. The van der Waals surface area contributed by atoms with Gasteiger partial charge in [-0.25, -0.2) is 0 Å². The van der Waals surface area contributed by atoms with Gasteiger partial charge in [-0.15, -0.1) is 0 Å². The van der Waals surface area contributed by atoms with Crippen LogP contribution in [0.4, 0.5) is 0 Å². The topological polar surface area (TPSA) is 85.5 Å². The van der Waals surface area contributed by atoms with Crippen LogP contribution >= 0.6 is 0 Å². The summed E-state index contributed by atoms with van der Waals surface area (Å²) in [5.41, 5.74) is 2.51. The number of esters is 2. The van der Waals surface area contributed by atoms with Crippen LogP contribution in [0, 0.1) is 19.3 Å². The number of carbonyl (C=O) groups is 3. The number of ketones is 1. The Hall–Kier alpha value is -2.11. The van der Waals surface area contributed by atoms with Gasteiger partial charge in [0.25, 0.3) is 0 Å². The highest BCUT2D eigenvalue weighted by molar-refractivity contribution is 6.02. The molecule has 1 aromatic rings. The first-order chi connectivity index (χ1) is 10.7. The van der Waals surface area contributed by atoms with Gasteiger partial charge >= 0.3 is 11.9 Å². The van der Waals surface area contributed by atoms with E-state index >= 15 is 0 Å². The predicted molar refractivity (Wildman–Crippen MR) is 83.2 cm³/mol. The molecule has 0 spiro atoms. The third-order valence-corrected chi connectivity index (χ3v) is 4.44. The van der Waals surface area contributed by atoms with E-state index in [2.05, 4.69) is 9.72 Å². The number of hydrogen-bond acceptors (Lipinski definition) is 5. The fourth-order valence-electron chi connectivity index (χ4n) is 3.08. The molecule has 1 aliphatic heterocycles. The van der Waals surface area contributed by atoms with Gasteiger partial charge in [0.15, 0.2) is 6.10 Å². The SMILES string of the molecule is COC(=O)CCc1c(C)[nH]c(C(=O)C2OC(=O)CC2(C)C)c1C. The second kappa shape index (κ2) is 6.18. The van der Waals surface area contributed by atoms with Crippen molar-refractivity contribution < 1.29 is 23.9 Å². The van der Waals surface area contributed by atoms with Crippen molar-refractivity contribution in [3.8, 4) is 0 Å². The summed E-state index contributed by atoms with van der Waals surface area (Å²) in [5.74, 6) is -0.852. The molecule has 1 aromatic heterocycles. The Morgan fingerprint density at radius 3 is 2.52 bits per heavy atom. The molecule has 6 nitrogen and oxygen atoms in total. The van der Waals surface area contributed by atoms with Gasteiger partial charge in [-0.05, 0) is 31.4 Å². The Kier molecular flexibility index (Phi) is 4.63. The number of carbonyl (C=O) groups excluding carboxylic acids is 3. The highest BCUT2D eigenvalue weighted by Crippen LogP contribution is 2.37. The van der Waals surface area contributed by atoms with E-state index in [4.69, 9.17) is 4.74 Å². The summed E-state index contributed by atoms with van der Waals surface area (Å²) in [6.07, 6.45) is 0.215. The van der Waals surface area contributed by atoms with Crippen LogP contribution in [0.15, 0.2) is 0 Å². The average Bonchev–Trinajstić information content (AvgIpc) is 2.91. The molecular weight excluding hydrogens is 298 g/mol. The zero-order valence-electron chi connectivity index (χ0n) is 14.2. The number of H-pyrrole nitrogens is 1. The van der Waals surface area contributed by atoms with Crippen molar-refractivity contribution in [1.82, 2.24) is 4.98 Å². The molecular formula is C17H23NO5. The number of cyclic esters (lactones) is 1.